The summed E-state index contributed by atoms with van der Waals surface area (Å²) in [6.07, 6.45) is 2.07. The Bertz CT molecular complexity index is 2310. The first-order chi connectivity index (χ1) is 21.2. The van der Waals surface area contributed by atoms with Crippen LogP contribution in [0.15, 0.2) is 144 Å². The Labute approximate surface area is 246 Å². The van der Waals surface area contributed by atoms with Crippen molar-refractivity contribution in [2.75, 3.05) is 0 Å². The second kappa shape index (κ2) is 10.1. The lowest BCUT2D eigenvalue weighted by molar-refractivity contribution is 1.07. The van der Waals surface area contributed by atoms with Crippen molar-refractivity contribution >= 4 is 27.3 Å². The fourth-order valence-electron chi connectivity index (χ4n) is 5.61. The lowest BCUT2D eigenvalue weighted by Crippen LogP contribution is -2.11. The smallest absolute Gasteiger partial charge is 0.281 e. The molecule has 8 rings (SSSR count). The molecule has 0 saturated heterocycles. The van der Waals surface area contributed by atoms with Crippen LogP contribution in [0.3, 0.4) is 0 Å². The highest BCUT2D eigenvalue weighted by Gasteiger charge is 2.16. The van der Waals surface area contributed by atoms with Crippen molar-refractivity contribution in [3.63, 3.8) is 0 Å². The minimum atomic E-state index is -0.228. The van der Waals surface area contributed by atoms with E-state index in [0.29, 0.717) is 28.5 Å². The van der Waals surface area contributed by atoms with Gasteiger partial charge in [0, 0.05) is 33.8 Å². The van der Waals surface area contributed by atoms with Gasteiger partial charge >= 0.3 is 0 Å². The van der Waals surface area contributed by atoms with Crippen LogP contribution in [0.4, 0.5) is 0 Å². The molecule has 5 aromatic carbocycles. The van der Waals surface area contributed by atoms with Gasteiger partial charge in [0.05, 0.1) is 10.9 Å². The summed E-state index contributed by atoms with van der Waals surface area (Å²) < 4.78 is 2.02. The van der Waals surface area contributed by atoms with Crippen LogP contribution in [0.2, 0.25) is 0 Å². The van der Waals surface area contributed by atoms with Gasteiger partial charge in [-0.25, -0.2) is 15.0 Å². The van der Waals surface area contributed by atoms with Crippen LogP contribution in [0, 0.1) is 0 Å². The van der Waals surface area contributed by atoms with Crippen LogP contribution in [-0.4, -0.2) is 24.3 Å². The first-order valence-corrected chi connectivity index (χ1v) is 14.0. The second-order valence-electron chi connectivity index (χ2n) is 10.3. The quantitative estimate of drug-likeness (QED) is 0.208. The fraction of sp³-hybridized carbons (Fsp3) is 0. The molecule has 0 aliphatic rings. The second-order valence-corrected chi connectivity index (χ2v) is 10.3. The number of rotatable bonds is 4. The van der Waals surface area contributed by atoms with Crippen LogP contribution < -0.4 is 5.56 Å². The predicted octanol–water partition coefficient (Wildman–Crippen LogP) is 7.85. The summed E-state index contributed by atoms with van der Waals surface area (Å²) in [5, 5.41) is 2.50. The van der Waals surface area contributed by atoms with Crippen molar-refractivity contribution in [1.29, 1.82) is 0 Å². The molecule has 43 heavy (non-hydrogen) atoms. The van der Waals surface area contributed by atoms with Gasteiger partial charge in [-0.2, -0.15) is 4.98 Å². The summed E-state index contributed by atoms with van der Waals surface area (Å²) in [7, 11) is 0. The lowest BCUT2D eigenvalue weighted by Gasteiger charge is -2.14. The predicted molar refractivity (Wildman–Crippen MR) is 172 cm³/mol. The fourth-order valence-corrected chi connectivity index (χ4v) is 5.61. The zero-order valence-electron chi connectivity index (χ0n) is 22.9. The Kier molecular flexibility index (Phi) is 5.83. The Hall–Kier alpha value is -6.01. The molecule has 202 valence electrons. The maximum absolute atomic E-state index is 12.9. The summed E-state index contributed by atoms with van der Waals surface area (Å²) in [5.41, 5.74) is 5.97. The van der Waals surface area contributed by atoms with Crippen molar-refractivity contribution in [3.05, 3.63) is 150 Å². The Morgan fingerprint density at radius 1 is 0.442 bits per heavy atom. The number of nitrogens with zero attached hydrogens (tertiary/aromatic N) is 5. The minimum absolute atomic E-state index is 0.228. The molecule has 0 aliphatic heterocycles. The third-order valence-corrected chi connectivity index (χ3v) is 7.68. The molecular formula is C37H23N5O. The monoisotopic (exact) mass is 553 g/mol. The molecule has 0 fully saturated rings. The molecule has 6 nitrogen and oxygen atoms in total. The van der Waals surface area contributed by atoms with Gasteiger partial charge in [-0.1, -0.05) is 115 Å². The molecule has 0 amide bonds. The molecule has 0 aliphatic carbocycles. The van der Waals surface area contributed by atoms with Crippen molar-refractivity contribution < 1.29 is 0 Å². The van der Waals surface area contributed by atoms with E-state index < -0.39 is 0 Å². The molecule has 8 aromatic rings. The van der Waals surface area contributed by atoms with Gasteiger partial charge in [0.25, 0.3) is 5.56 Å². The van der Waals surface area contributed by atoms with Crippen LogP contribution in [0.5, 0.6) is 0 Å². The van der Waals surface area contributed by atoms with Crippen LogP contribution in [-0.2, 0) is 0 Å². The maximum atomic E-state index is 12.9. The Morgan fingerprint density at radius 3 is 1.63 bits per heavy atom. The van der Waals surface area contributed by atoms with Crippen molar-refractivity contribution in [2.45, 2.75) is 0 Å². The standard InChI is InChI=1S/C37H23N5O/c43-37-30-20-9-10-21-32(30)42-23-31(28-18-7-8-19-29(28)36(42)41-37)26-16-11-17-27(22-26)35-39-33(24-12-3-1-4-13-24)38-34(40-35)25-14-5-2-6-15-25/h1-23H. The minimum Gasteiger partial charge on any atom is -0.300 e. The van der Waals surface area contributed by atoms with E-state index in [4.69, 9.17) is 15.0 Å². The molecule has 0 radical (unpaired) electrons. The average molecular weight is 554 g/mol. The van der Waals surface area contributed by atoms with E-state index >= 15 is 0 Å². The molecule has 0 atom stereocenters. The summed E-state index contributed by atoms with van der Waals surface area (Å²) in [5.74, 6) is 1.83. The molecule has 0 spiro atoms. The van der Waals surface area contributed by atoms with E-state index in [1.165, 1.54) is 0 Å². The van der Waals surface area contributed by atoms with Crippen molar-refractivity contribution in [2.24, 2.45) is 0 Å². The molecule has 6 heteroatoms. The van der Waals surface area contributed by atoms with E-state index in [1.807, 2.05) is 120 Å². The third-order valence-electron chi connectivity index (χ3n) is 7.68. The topological polar surface area (TPSA) is 73.0 Å². The molecule has 0 N–H and O–H groups in total. The first-order valence-electron chi connectivity index (χ1n) is 14.0. The van der Waals surface area contributed by atoms with Gasteiger partial charge in [-0.05, 0) is 29.1 Å². The number of hydrogen-bond donors (Lipinski definition) is 0. The molecule has 0 bridgehead atoms. The highest BCUT2D eigenvalue weighted by Crippen LogP contribution is 2.34. The van der Waals surface area contributed by atoms with Crippen molar-refractivity contribution in [3.8, 4) is 45.3 Å². The number of fused-ring (bicyclic) bond motifs is 5. The van der Waals surface area contributed by atoms with E-state index in [1.54, 1.807) is 0 Å². The normalized spacial score (nSPS) is 11.3. The third kappa shape index (κ3) is 4.33. The maximum Gasteiger partial charge on any atom is 0.281 e. The summed E-state index contributed by atoms with van der Waals surface area (Å²) >= 11 is 0. The van der Waals surface area contributed by atoms with Gasteiger partial charge in [-0.15, -0.1) is 0 Å². The van der Waals surface area contributed by atoms with E-state index in [2.05, 4.69) is 29.4 Å². The molecule has 0 saturated carbocycles. The summed E-state index contributed by atoms with van der Waals surface area (Å²) in [6.45, 7) is 0. The van der Waals surface area contributed by atoms with E-state index in [0.717, 1.165) is 44.1 Å². The van der Waals surface area contributed by atoms with Gasteiger partial charge in [-0.3, -0.25) is 9.20 Å². The lowest BCUT2D eigenvalue weighted by atomic mass is 9.98. The summed E-state index contributed by atoms with van der Waals surface area (Å²) in [4.78, 5) is 32.1. The van der Waals surface area contributed by atoms with Crippen LogP contribution in [0.25, 0.3) is 72.6 Å². The SMILES string of the molecule is O=c1nc2c3ccccc3c(-c3cccc(-c4nc(-c5ccccc5)nc(-c5ccccc5)n4)c3)cn2c2ccccc12. The van der Waals surface area contributed by atoms with Gasteiger partial charge < -0.3 is 0 Å². The van der Waals surface area contributed by atoms with Gasteiger partial charge in [0.2, 0.25) is 0 Å². The van der Waals surface area contributed by atoms with Gasteiger partial charge in [0.15, 0.2) is 17.5 Å². The largest absolute Gasteiger partial charge is 0.300 e. The number of para-hydroxylation sites is 1. The number of benzene rings is 5. The number of hydrogen-bond acceptors (Lipinski definition) is 5. The zero-order chi connectivity index (χ0) is 28.8. The van der Waals surface area contributed by atoms with Crippen molar-refractivity contribution in [1.82, 2.24) is 24.3 Å². The van der Waals surface area contributed by atoms with Gasteiger partial charge in [0.1, 0.15) is 5.65 Å². The number of pyridine rings is 1. The summed E-state index contributed by atoms with van der Waals surface area (Å²) in [6, 6.07) is 43.9. The molecule has 0 unspecified atom stereocenters. The first kappa shape index (κ1) is 24.8. The molecular weight excluding hydrogens is 530 g/mol. The highest BCUT2D eigenvalue weighted by molar-refractivity contribution is 6.04. The Balaban J connectivity index is 1.36. The van der Waals surface area contributed by atoms with Crippen LogP contribution >= 0.6 is 0 Å². The average Bonchev–Trinajstić information content (AvgIpc) is 3.09. The zero-order valence-corrected chi connectivity index (χ0v) is 22.9. The molecule has 3 heterocycles. The van der Waals surface area contributed by atoms with E-state index in [9.17, 15) is 4.79 Å². The Morgan fingerprint density at radius 2 is 0.953 bits per heavy atom. The molecule has 3 aromatic heterocycles. The van der Waals surface area contributed by atoms with Crippen LogP contribution in [0.1, 0.15) is 0 Å². The number of aromatic nitrogens is 5. The highest BCUT2D eigenvalue weighted by atomic mass is 16.1. The van der Waals surface area contributed by atoms with E-state index in [-0.39, 0.29) is 5.56 Å².